The highest BCUT2D eigenvalue weighted by Crippen LogP contribution is 2.27. The minimum absolute atomic E-state index is 0.359. The summed E-state index contributed by atoms with van der Waals surface area (Å²) in [6.45, 7) is 3.65. The zero-order chi connectivity index (χ0) is 20.2. The number of anilines is 2. The predicted octanol–water partition coefficient (Wildman–Crippen LogP) is 5.06. The van der Waals surface area contributed by atoms with Crippen LogP contribution in [0.4, 0.5) is 16.3 Å². The average Bonchev–Trinajstić information content (AvgIpc) is 3.17. The van der Waals surface area contributed by atoms with Crippen molar-refractivity contribution in [1.29, 1.82) is 0 Å². The lowest BCUT2D eigenvalue weighted by atomic mass is 10.0. The highest BCUT2D eigenvalue weighted by molar-refractivity contribution is 5.99. The molecule has 2 N–H and O–H groups in total. The molecule has 0 saturated carbocycles. The molecule has 2 aromatic heterocycles. The number of benzene rings is 2. The third kappa shape index (κ3) is 4.30. The highest BCUT2D eigenvalue weighted by atomic mass is 16.4. The van der Waals surface area contributed by atoms with Gasteiger partial charge in [0.2, 0.25) is 0 Å². The highest BCUT2D eigenvalue weighted by Gasteiger charge is 2.08. The maximum absolute atomic E-state index is 12.2. The number of hydrogen-bond acceptors (Lipinski definition) is 5. The topological polar surface area (TPSA) is 92.9 Å². The first kappa shape index (κ1) is 18.4. The molecule has 0 saturated heterocycles. The van der Waals surface area contributed by atoms with Gasteiger partial charge in [-0.3, -0.25) is 5.32 Å². The Morgan fingerprint density at radius 1 is 0.897 bits per heavy atom. The third-order valence-corrected chi connectivity index (χ3v) is 4.37. The summed E-state index contributed by atoms with van der Waals surface area (Å²) in [5.74, 6) is 1.85. The molecule has 0 bridgehead atoms. The molecule has 29 heavy (non-hydrogen) atoms. The molecule has 7 heteroatoms. The second kappa shape index (κ2) is 7.93. The van der Waals surface area contributed by atoms with E-state index in [0.717, 1.165) is 28.0 Å². The molecule has 4 aromatic rings. The van der Waals surface area contributed by atoms with Crippen LogP contribution in [0.25, 0.3) is 22.5 Å². The minimum Gasteiger partial charge on any atom is -0.441 e. The van der Waals surface area contributed by atoms with Crippen LogP contribution in [-0.4, -0.2) is 21.0 Å². The van der Waals surface area contributed by atoms with E-state index in [2.05, 4.69) is 25.6 Å². The van der Waals surface area contributed by atoms with Gasteiger partial charge in [-0.15, -0.1) is 0 Å². The van der Waals surface area contributed by atoms with Crippen LogP contribution in [0, 0.1) is 13.8 Å². The molecular formula is C22H19N5O2. The van der Waals surface area contributed by atoms with E-state index in [4.69, 9.17) is 4.42 Å². The third-order valence-electron chi connectivity index (χ3n) is 4.37. The Bertz CT molecular complexity index is 1150. The van der Waals surface area contributed by atoms with Crippen molar-refractivity contribution in [3.63, 3.8) is 0 Å². The first-order valence-corrected chi connectivity index (χ1v) is 9.06. The molecular weight excluding hydrogens is 366 g/mol. The molecule has 0 unspecified atom stereocenters. The van der Waals surface area contributed by atoms with Crippen molar-refractivity contribution in [2.75, 3.05) is 10.6 Å². The summed E-state index contributed by atoms with van der Waals surface area (Å²) in [7, 11) is 0. The minimum atomic E-state index is -0.359. The van der Waals surface area contributed by atoms with E-state index in [-0.39, 0.29) is 6.03 Å². The van der Waals surface area contributed by atoms with Gasteiger partial charge in [-0.1, -0.05) is 30.3 Å². The van der Waals surface area contributed by atoms with Gasteiger partial charge < -0.3 is 9.73 Å². The second-order valence-corrected chi connectivity index (χ2v) is 6.54. The van der Waals surface area contributed by atoms with E-state index in [1.165, 1.54) is 6.33 Å². The zero-order valence-electron chi connectivity index (χ0n) is 16.0. The first-order chi connectivity index (χ1) is 14.1. The Morgan fingerprint density at radius 2 is 1.69 bits per heavy atom. The Kier molecular flexibility index (Phi) is 5.03. The van der Waals surface area contributed by atoms with Crippen molar-refractivity contribution in [1.82, 2.24) is 15.0 Å². The number of amides is 2. The van der Waals surface area contributed by atoms with E-state index >= 15 is 0 Å². The zero-order valence-corrected chi connectivity index (χ0v) is 16.0. The van der Waals surface area contributed by atoms with Gasteiger partial charge in [0.15, 0.2) is 11.7 Å². The summed E-state index contributed by atoms with van der Waals surface area (Å²) in [5, 5.41) is 5.52. The molecule has 0 spiro atoms. The van der Waals surface area contributed by atoms with E-state index in [0.29, 0.717) is 17.4 Å². The standard InChI is InChI=1S/C22H19N5O2/c1-14-11-23-13-25-21(14)27-22(28)26-19-8-6-16(7-9-19)17-4-3-5-18(10-17)20-12-24-15(2)29-20/h3-13H,1-2H3,(H2,23,25,26,27,28). The van der Waals surface area contributed by atoms with Crippen LogP contribution in [0.15, 0.2) is 71.7 Å². The van der Waals surface area contributed by atoms with Gasteiger partial charge in [-0.2, -0.15) is 0 Å². The summed E-state index contributed by atoms with van der Waals surface area (Å²) in [6.07, 6.45) is 4.76. The maximum Gasteiger partial charge on any atom is 0.324 e. The van der Waals surface area contributed by atoms with Crippen molar-refractivity contribution in [3.05, 3.63) is 78.7 Å². The van der Waals surface area contributed by atoms with Crippen LogP contribution < -0.4 is 10.6 Å². The molecule has 0 aliphatic carbocycles. The lowest BCUT2D eigenvalue weighted by Crippen LogP contribution is -2.20. The lowest BCUT2D eigenvalue weighted by molar-refractivity contribution is 0.262. The molecule has 0 fully saturated rings. The predicted molar refractivity (Wildman–Crippen MR) is 112 cm³/mol. The lowest BCUT2D eigenvalue weighted by Gasteiger charge is -2.09. The Balaban J connectivity index is 1.47. The summed E-state index contributed by atoms with van der Waals surface area (Å²) in [4.78, 5) is 24.3. The fraction of sp³-hybridized carbons (Fsp3) is 0.0909. The van der Waals surface area contributed by atoms with Gasteiger partial charge in [0.05, 0.1) is 6.20 Å². The van der Waals surface area contributed by atoms with Crippen LogP contribution in [0.2, 0.25) is 0 Å². The van der Waals surface area contributed by atoms with E-state index in [1.807, 2.05) is 62.4 Å². The van der Waals surface area contributed by atoms with Crippen molar-refractivity contribution in [2.45, 2.75) is 13.8 Å². The molecule has 2 heterocycles. The van der Waals surface area contributed by atoms with Crippen LogP contribution in [0.5, 0.6) is 0 Å². The molecule has 144 valence electrons. The van der Waals surface area contributed by atoms with Crippen molar-refractivity contribution in [2.24, 2.45) is 0 Å². The smallest absolute Gasteiger partial charge is 0.324 e. The number of carbonyl (C=O) groups excluding carboxylic acids is 1. The van der Waals surface area contributed by atoms with Crippen LogP contribution in [0.3, 0.4) is 0 Å². The van der Waals surface area contributed by atoms with Gasteiger partial charge in [0.25, 0.3) is 0 Å². The number of oxazole rings is 1. The number of urea groups is 1. The number of nitrogens with one attached hydrogen (secondary N) is 2. The summed E-state index contributed by atoms with van der Waals surface area (Å²) in [6, 6.07) is 15.3. The fourth-order valence-electron chi connectivity index (χ4n) is 2.89. The van der Waals surface area contributed by atoms with Crippen molar-refractivity contribution >= 4 is 17.5 Å². The Morgan fingerprint density at radius 3 is 2.41 bits per heavy atom. The SMILES string of the molecule is Cc1ncc(-c2cccc(-c3ccc(NC(=O)Nc4ncncc4C)cc3)c2)o1. The largest absolute Gasteiger partial charge is 0.441 e. The quantitative estimate of drug-likeness (QED) is 0.512. The second-order valence-electron chi connectivity index (χ2n) is 6.54. The summed E-state index contributed by atoms with van der Waals surface area (Å²) in [5.41, 5.74) is 4.51. The fourth-order valence-corrected chi connectivity index (χ4v) is 2.89. The number of aromatic nitrogens is 3. The van der Waals surface area contributed by atoms with Crippen LogP contribution in [0.1, 0.15) is 11.5 Å². The molecule has 4 rings (SSSR count). The Hall–Kier alpha value is -4.00. The summed E-state index contributed by atoms with van der Waals surface area (Å²) >= 11 is 0. The molecule has 0 aliphatic heterocycles. The molecule has 0 aliphatic rings. The van der Waals surface area contributed by atoms with E-state index in [1.54, 1.807) is 12.4 Å². The van der Waals surface area contributed by atoms with Gasteiger partial charge in [0.1, 0.15) is 12.1 Å². The van der Waals surface area contributed by atoms with E-state index < -0.39 is 0 Å². The number of carbonyl (C=O) groups is 1. The Labute approximate surface area is 167 Å². The maximum atomic E-state index is 12.2. The van der Waals surface area contributed by atoms with E-state index in [9.17, 15) is 4.79 Å². The van der Waals surface area contributed by atoms with Crippen molar-refractivity contribution < 1.29 is 9.21 Å². The number of hydrogen-bond donors (Lipinski definition) is 2. The van der Waals surface area contributed by atoms with Crippen molar-refractivity contribution in [3.8, 4) is 22.5 Å². The summed E-state index contributed by atoms with van der Waals surface area (Å²) < 4.78 is 5.61. The van der Waals surface area contributed by atoms with Crippen LogP contribution >= 0.6 is 0 Å². The number of aryl methyl sites for hydroxylation is 2. The van der Waals surface area contributed by atoms with Gasteiger partial charge in [-0.25, -0.2) is 19.7 Å². The number of nitrogens with zero attached hydrogens (tertiary/aromatic N) is 3. The molecule has 0 atom stereocenters. The van der Waals surface area contributed by atoms with Crippen LogP contribution in [-0.2, 0) is 0 Å². The van der Waals surface area contributed by atoms with Gasteiger partial charge in [0, 0.05) is 29.9 Å². The average molecular weight is 385 g/mol. The number of rotatable bonds is 4. The van der Waals surface area contributed by atoms with Gasteiger partial charge in [-0.05, 0) is 36.2 Å². The monoisotopic (exact) mass is 385 g/mol. The first-order valence-electron chi connectivity index (χ1n) is 9.06. The normalized spacial score (nSPS) is 10.6. The molecule has 2 amide bonds. The van der Waals surface area contributed by atoms with Gasteiger partial charge >= 0.3 is 6.03 Å². The molecule has 2 aromatic carbocycles. The molecule has 0 radical (unpaired) electrons. The molecule has 7 nitrogen and oxygen atoms in total.